The van der Waals surface area contributed by atoms with Crippen molar-refractivity contribution in [2.45, 2.75) is 49.5 Å². The summed E-state index contributed by atoms with van der Waals surface area (Å²) in [6.07, 6.45) is 1.76. The highest BCUT2D eigenvalue weighted by Crippen LogP contribution is 2.31. The van der Waals surface area contributed by atoms with Crippen molar-refractivity contribution in [1.82, 2.24) is 4.72 Å². The number of nitrogens with two attached hydrogens (primary N) is 1. The molecule has 28 heavy (non-hydrogen) atoms. The second-order valence-electron chi connectivity index (χ2n) is 6.64. The van der Waals surface area contributed by atoms with E-state index in [2.05, 4.69) is 5.32 Å². The summed E-state index contributed by atoms with van der Waals surface area (Å²) in [5.74, 6) is -1.94. The number of alkyl halides is 2. The fraction of sp³-hybridized carbons (Fsp3) is 0.588. The fourth-order valence-electron chi connectivity index (χ4n) is 3.17. The van der Waals surface area contributed by atoms with Crippen LogP contribution in [0.4, 0.5) is 18.9 Å². The maximum absolute atomic E-state index is 14.4. The Morgan fingerprint density at radius 1 is 1.29 bits per heavy atom. The molecule has 158 valence electrons. The molecule has 1 aliphatic rings. The van der Waals surface area contributed by atoms with Gasteiger partial charge in [0, 0.05) is 6.07 Å². The Morgan fingerprint density at radius 2 is 1.93 bits per heavy atom. The minimum atomic E-state index is -4.43. The Bertz CT molecular complexity index is 799. The second-order valence-corrected chi connectivity index (χ2v) is 8.37. The molecule has 0 bridgehead atoms. The molecule has 0 unspecified atom stereocenters. The molecule has 1 saturated carbocycles. The lowest BCUT2D eigenvalue weighted by Crippen LogP contribution is -2.42. The van der Waals surface area contributed by atoms with Crippen molar-refractivity contribution < 1.29 is 31.1 Å². The van der Waals surface area contributed by atoms with Gasteiger partial charge >= 0.3 is 0 Å². The van der Waals surface area contributed by atoms with Crippen molar-refractivity contribution >= 4 is 21.6 Å². The minimum absolute atomic E-state index is 0.00287. The van der Waals surface area contributed by atoms with Crippen molar-refractivity contribution in [2.75, 3.05) is 19.0 Å². The smallest absolute Gasteiger partial charge is 0.251 e. The van der Waals surface area contributed by atoms with Gasteiger partial charge in [-0.3, -0.25) is 4.79 Å². The summed E-state index contributed by atoms with van der Waals surface area (Å²) in [4.78, 5) is 11.7. The molecule has 1 aromatic carbocycles. The molecule has 0 heterocycles. The number of hydrogen-bond acceptors (Lipinski definition) is 5. The topological polar surface area (TPSA) is 111 Å². The number of halogens is 3. The zero-order valence-electron chi connectivity index (χ0n) is 15.4. The van der Waals surface area contributed by atoms with Gasteiger partial charge < -0.3 is 15.8 Å². The number of methoxy groups -OCH3 is 1. The molecule has 11 heteroatoms. The number of anilines is 1. The van der Waals surface area contributed by atoms with Gasteiger partial charge in [0.2, 0.25) is 15.9 Å². The van der Waals surface area contributed by atoms with Crippen molar-refractivity contribution in [3.63, 3.8) is 0 Å². The van der Waals surface area contributed by atoms with E-state index in [1.165, 1.54) is 0 Å². The van der Waals surface area contributed by atoms with Crippen LogP contribution in [0.2, 0.25) is 0 Å². The Balaban J connectivity index is 2.21. The highest BCUT2D eigenvalue weighted by atomic mass is 32.2. The van der Waals surface area contributed by atoms with Gasteiger partial charge in [0.05, 0.1) is 25.4 Å². The van der Waals surface area contributed by atoms with Crippen LogP contribution in [0.15, 0.2) is 17.0 Å². The second kappa shape index (κ2) is 9.57. The zero-order valence-corrected chi connectivity index (χ0v) is 16.2. The molecule has 1 aromatic rings. The van der Waals surface area contributed by atoms with E-state index >= 15 is 0 Å². The maximum atomic E-state index is 14.4. The fourth-order valence-corrected chi connectivity index (χ4v) is 4.34. The van der Waals surface area contributed by atoms with Gasteiger partial charge in [-0.15, -0.1) is 0 Å². The molecule has 2 rings (SSSR count). The van der Waals surface area contributed by atoms with Crippen molar-refractivity contribution in [3.05, 3.63) is 17.9 Å². The third-order valence-corrected chi connectivity index (χ3v) is 6.13. The monoisotopic (exact) mass is 423 g/mol. The molecule has 0 aliphatic heterocycles. The van der Waals surface area contributed by atoms with E-state index in [-0.39, 0.29) is 17.4 Å². The van der Waals surface area contributed by atoms with Gasteiger partial charge in [-0.1, -0.05) is 19.3 Å². The van der Waals surface area contributed by atoms with Crippen LogP contribution < -0.4 is 20.5 Å². The van der Waals surface area contributed by atoms with E-state index in [0.29, 0.717) is 6.07 Å². The van der Waals surface area contributed by atoms with Gasteiger partial charge in [0.15, 0.2) is 0 Å². The van der Waals surface area contributed by atoms with Crippen molar-refractivity contribution in [1.29, 1.82) is 0 Å². The lowest BCUT2D eigenvalue weighted by molar-refractivity contribution is -0.118. The molecule has 1 atom stereocenters. The minimum Gasteiger partial charge on any atom is -0.495 e. The van der Waals surface area contributed by atoms with Crippen LogP contribution in [0.3, 0.4) is 0 Å². The van der Waals surface area contributed by atoms with Crippen LogP contribution in [0.1, 0.15) is 32.1 Å². The van der Waals surface area contributed by atoms with Gasteiger partial charge in [-0.05, 0) is 24.8 Å². The summed E-state index contributed by atoms with van der Waals surface area (Å²) in [7, 11) is -3.29. The summed E-state index contributed by atoms with van der Waals surface area (Å²) in [5.41, 5.74) is 5.68. The van der Waals surface area contributed by atoms with E-state index in [1.807, 2.05) is 0 Å². The summed E-state index contributed by atoms with van der Waals surface area (Å²) in [6.45, 7) is -1.12. The molecule has 0 radical (unpaired) electrons. The maximum Gasteiger partial charge on any atom is 0.251 e. The molecule has 1 fully saturated rings. The number of carbonyl (C=O) groups is 1. The number of sulfonamides is 1. The molecule has 1 amide bonds. The van der Waals surface area contributed by atoms with Crippen molar-refractivity contribution in [2.24, 2.45) is 11.7 Å². The Hall–Kier alpha value is -1.85. The highest BCUT2D eigenvalue weighted by Gasteiger charge is 2.28. The summed E-state index contributed by atoms with van der Waals surface area (Å²) < 4.78 is 69.8. The lowest BCUT2D eigenvalue weighted by Gasteiger charge is -2.26. The van der Waals surface area contributed by atoms with Gasteiger partial charge in [0.1, 0.15) is 16.5 Å². The SMILES string of the molecule is COc1cc(NC(=O)[C@@H](N)C2CCCCC2)c(F)cc1S(=O)(=O)NCC(F)F. The third-order valence-electron chi connectivity index (χ3n) is 4.69. The van der Waals surface area contributed by atoms with Gasteiger partial charge in [-0.25, -0.2) is 26.3 Å². The number of benzene rings is 1. The standard InChI is InChI=1S/C17H24F3N3O4S/c1-27-13-8-12(23-17(24)16(21)10-5-3-2-4-6-10)11(18)7-14(13)28(25,26)22-9-15(19)20/h7-8,10,15-16,22H,2-6,9,21H2,1H3,(H,23,24)/t16-/m0/s1. The van der Waals surface area contributed by atoms with E-state index in [9.17, 15) is 26.4 Å². The average molecular weight is 423 g/mol. The highest BCUT2D eigenvalue weighted by molar-refractivity contribution is 7.89. The first-order valence-electron chi connectivity index (χ1n) is 8.87. The first kappa shape index (κ1) is 22.4. The Labute approximate surface area is 161 Å². The number of nitrogens with one attached hydrogen (secondary N) is 2. The van der Waals surface area contributed by atoms with E-state index in [4.69, 9.17) is 10.5 Å². The summed E-state index contributed by atoms with van der Waals surface area (Å²) >= 11 is 0. The number of ether oxygens (including phenoxy) is 1. The van der Waals surface area contributed by atoms with Crippen LogP contribution in [0.5, 0.6) is 5.75 Å². The molecule has 4 N–H and O–H groups in total. The first-order valence-corrected chi connectivity index (χ1v) is 10.4. The Kier molecular flexibility index (Phi) is 7.67. The molecule has 7 nitrogen and oxygen atoms in total. The van der Waals surface area contributed by atoms with Gasteiger partial charge in [-0.2, -0.15) is 0 Å². The Morgan fingerprint density at radius 3 is 2.50 bits per heavy atom. The molecular weight excluding hydrogens is 399 g/mol. The average Bonchev–Trinajstić information content (AvgIpc) is 2.67. The molecule has 0 aromatic heterocycles. The van der Waals surface area contributed by atoms with Crippen LogP contribution in [0, 0.1) is 11.7 Å². The number of amides is 1. The number of hydrogen-bond donors (Lipinski definition) is 3. The van der Waals surface area contributed by atoms with E-state index in [1.54, 1.807) is 4.72 Å². The van der Waals surface area contributed by atoms with E-state index in [0.717, 1.165) is 45.3 Å². The quantitative estimate of drug-likeness (QED) is 0.594. The van der Waals surface area contributed by atoms with Crippen LogP contribution in [0.25, 0.3) is 0 Å². The first-order chi connectivity index (χ1) is 13.2. The normalized spacial score (nSPS) is 16.8. The lowest BCUT2D eigenvalue weighted by atomic mass is 9.84. The number of carbonyl (C=O) groups excluding carboxylic acids is 1. The van der Waals surface area contributed by atoms with Crippen molar-refractivity contribution in [3.8, 4) is 5.75 Å². The van der Waals surface area contributed by atoms with Gasteiger partial charge in [0.25, 0.3) is 6.43 Å². The number of rotatable bonds is 8. The predicted molar refractivity (Wildman–Crippen MR) is 97.3 cm³/mol. The molecule has 0 saturated heterocycles. The summed E-state index contributed by atoms with van der Waals surface area (Å²) in [5, 5.41) is 2.36. The predicted octanol–water partition coefficient (Wildman–Crippen LogP) is 2.22. The molecular formula is C17H24F3N3O4S. The molecule has 0 spiro atoms. The van der Waals surface area contributed by atoms with E-state index < -0.39 is 45.7 Å². The van der Waals surface area contributed by atoms with Crippen LogP contribution in [-0.4, -0.2) is 40.4 Å². The molecule has 1 aliphatic carbocycles. The summed E-state index contributed by atoms with van der Waals surface area (Å²) in [6, 6.07) is 0.772. The third kappa shape index (κ3) is 5.58. The van der Waals surface area contributed by atoms with Crippen LogP contribution in [-0.2, 0) is 14.8 Å². The largest absolute Gasteiger partial charge is 0.495 e. The van der Waals surface area contributed by atoms with Crippen LogP contribution >= 0.6 is 0 Å². The zero-order chi connectivity index (χ0) is 20.9.